The molecule has 0 fully saturated rings. The largest absolute Gasteiger partial charge is 0.497 e. The smallest absolute Gasteiger partial charge is 0.247 e. The summed E-state index contributed by atoms with van der Waals surface area (Å²) >= 11 is 0. The van der Waals surface area contributed by atoms with Crippen LogP contribution in [0.15, 0.2) is 84.9 Å². The fraction of sp³-hybridized carbons (Fsp3) is 0.259. The van der Waals surface area contributed by atoms with E-state index < -0.39 is 6.04 Å². The van der Waals surface area contributed by atoms with E-state index in [2.05, 4.69) is 5.32 Å². The molecule has 3 rings (SSSR count). The van der Waals surface area contributed by atoms with E-state index in [9.17, 15) is 9.59 Å². The van der Waals surface area contributed by atoms with Gasteiger partial charge in [0.25, 0.3) is 0 Å². The molecule has 1 unspecified atom stereocenters. The van der Waals surface area contributed by atoms with Crippen molar-refractivity contribution in [3.8, 4) is 5.75 Å². The fourth-order valence-electron chi connectivity index (χ4n) is 3.63. The van der Waals surface area contributed by atoms with E-state index in [0.717, 1.165) is 22.4 Å². The van der Waals surface area contributed by atoms with Crippen LogP contribution in [0.25, 0.3) is 0 Å². The second kappa shape index (κ2) is 11.7. The molecule has 5 nitrogen and oxygen atoms in total. The van der Waals surface area contributed by atoms with Crippen LogP contribution in [0.1, 0.15) is 36.1 Å². The molecule has 0 spiro atoms. The second-order valence-corrected chi connectivity index (χ2v) is 7.56. The van der Waals surface area contributed by atoms with Gasteiger partial charge in [-0.15, -0.1) is 0 Å². The van der Waals surface area contributed by atoms with E-state index in [1.807, 2.05) is 91.9 Å². The lowest BCUT2D eigenvalue weighted by molar-refractivity contribution is -0.141. The number of carbonyl (C=O) groups is 2. The van der Waals surface area contributed by atoms with Gasteiger partial charge < -0.3 is 15.0 Å². The van der Waals surface area contributed by atoms with Crippen LogP contribution in [-0.2, 0) is 22.6 Å². The minimum Gasteiger partial charge on any atom is -0.497 e. The van der Waals surface area contributed by atoms with Crippen molar-refractivity contribution in [2.45, 2.75) is 32.4 Å². The topological polar surface area (TPSA) is 58.6 Å². The average molecular weight is 431 g/mol. The Balaban J connectivity index is 1.78. The SMILES string of the molecule is CCC(=O)N(Cc1ccccc1)C(C(=O)NCCc1ccc(OC)cc1)c1ccccc1. The maximum atomic E-state index is 13.4. The molecular weight excluding hydrogens is 400 g/mol. The third-order valence-electron chi connectivity index (χ3n) is 5.37. The summed E-state index contributed by atoms with van der Waals surface area (Å²) in [7, 11) is 1.64. The standard InChI is InChI=1S/C27H30N2O3/c1-3-25(30)29(20-22-10-6-4-7-11-22)26(23-12-8-5-9-13-23)27(31)28-19-18-21-14-16-24(32-2)17-15-21/h4-17,26H,3,18-20H2,1-2H3,(H,28,31). The van der Waals surface area contributed by atoms with Gasteiger partial charge in [0.2, 0.25) is 11.8 Å². The molecule has 0 saturated carbocycles. The van der Waals surface area contributed by atoms with E-state index in [1.165, 1.54) is 0 Å². The zero-order valence-electron chi connectivity index (χ0n) is 18.7. The number of amides is 2. The molecule has 0 saturated heterocycles. The highest BCUT2D eigenvalue weighted by molar-refractivity contribution is 5.88. The Hall–Kier alpha value is -3.60. The van der Waals surface area contributed by atoms with Gasteiger partial charge in [0.1, 0.15) is 11.8 Å². The van der Waals surface area contributed by atoms with Crippen molar-refractivity contribution in [1.29, 1.82) is 0 Å². The molecule has 1 N–H and O–H groups in total. The monoisotopic (exact) mass is 430 g/mol. The molecule has 32 heavy (non-hydrogen) atoms. The molecule has 0 radical (unpaired) electrons. The summed E-state index contributed by atoms with van der Waals surface area (Å²) in [5.74, 6) is 0.562. The van der Waals surface area contributed by atoms with Crippen molar-refractivity contribution >= 4 is 11.8 Å². The van der Waals surface area contributed by atoms with Crippen LogP contribution in [0, 0.1) is 0 Å². The van der Waals surface area contributed by atoms with Gasteiger partial charge in [-0.3, -0.25) is 9.59 Å². The van der Waals surface area contributed by atoms with E-state index in [0.29, 0.717) is 25.9 Å². The number of rotatable bonds is 10. The second-order valence-electron chi connectivity index (χ2n) is 7.56. The number of nitrogens with one attached hydrogen (secondary N) is 1. The number of methoxy groups -OCH3 is 1. The Labute approximate surface area is 190 Å². The molecule has 5 heteroatoms. The summed E-state index contributed by atoms with van der Waals surface area (Å²) in [6, 6.07) is 26.4. The summed E-state index contributed by atoms with van der Waals surface area (Å²) in [4.78, 5) is 28.0. The predicted octanol–water partition coefficient (Wildman–Crippen LogP) is 4.53. The Kier molecular flexibility index (Phi) is 8.44. The zero-order valence-corrected chi connectivity index (χ0v) is 18.7. The maximum absolute atomic E-state index is 13.4. The number of benzene rings is 3. The Bertz CT molecular complexity index is 988. The first kappa shape index (κ1) is 23.1. The van der Waals surface area contributed by atoms with E-state index in [4.69, 9.17) is 4.74 Å². The summed E-state index contributed by atoms with van der Waals surface area (Å²) < 4.78 is 5.19. The Morgan fingerprint density at radius 3 is 2.09 bits per heavy atom. The first-order valence-corrected chi connectivity index (χ1v) is 10.9. The minimum atomic E-state index is -0.695. The Morgan fingerprint density at radius 1 is 0.875 bits per heavy atom. The van der Waals surface area contributed by atoms with Crippen LogP contribution in [-0.4, -0.2) is 30.4 Å². The lowest BCUT2D eigenvalue weighted by Crippen LogP contribution is -2.43. The average Bonchev–Trinajstić information content (AvgIpc) is 2.85. The number of hydrogen-bond acceptors (Lipinski definition) is 3. The highest BCUT2D eigenvalue weighted by Gasteiger charge is 2.30. The maximum Gasteiger partial charge on any atom is 0.247 e. The van der Waals surface area contributed by atoms with Crippen LogP contribution >= 0.6 is 0 Å². The molecule has 3 aromatic rings. The van der Waals surface area contributed by atoms with Gasteiger partial charge >= 0.3 is 0 Å². The first-order chi connectivity index (χ1) is 15.6. The van der Waals surface area contributed by atoms with Crippen LogP contribution in [0.4, 0.5) is 0 Å². The summed E-state index contributed by atoms with van der Waals surface area (Å²) in [6.07, 6.45) is 1.02. The molecule has 2 amide bonds. The molecule has 1 atom stereocenters. The van der Waals surface area contributed by atoms with Crippen molar-refractivity contribution in [3.05, 3.63) is 102 Å². The quantitative estimate of drug-likeness (QED) is 0.514. The predicted molar refractivity (Wildman–Crippen MR) is 126 cm³/mol. The molecule has 0 aromatic heterocycles. The van der Waals surface area contributed by atoms with Crippen molar-refractivity contribution in [1.82, 2.24) is 10.2 Å². The third-order valence-corrected chi connectivity index (χ3v) is 5.37. The van der Waals surface area contributed by atoms with Crippen molar-refractivity contribution in [2.24, 2.45) is 0 Å². The lowest BCUT2D eigenvalue weighted by atomic mass is 10.0. The molecule has 0 aliphatic rings. The van der Waals surface area contributed by atoms with E-state index >= 15 is 0 Å². The van der Waals surface area contributed by atoms with Gasteiger partial charge in [0, 0.05) is 19.5 Å². The minimum absolute atomic E-state index is 0.0620. The molecule has 166 valence electrons. The Morgan fingerprint density at radius 2 is 1.50 bits per heavy atom. The van der Waals surface area contributed by atoms with Crippen molar-refractivity contribution in [3.63, 3.8) is 0 Å². The third kappa shape index (κ3) is 6.20. The van der Waals surface area contributed by atoms with Crippen LogP contribution < -0.4 is 10.1 Å². The van der Waals surface area contributed by atoms with Crippen LogP contribution in [0.5, 0.6) is 5.75 Å². The molecule has 0 heterocycles. The highest BCUT2D eigenvalue weighted by Crippen LogP contribution is 2.24. The molecule has 0 aliphatic heterocycles. The van der Waals surface area contributed by atoms with Gasteiger partial charge in [-0.25, -0.2) is 0 Å². The van der Waals surface area contributed by atoms with Gasteiger partial charge in [-0.1, -0.05) is 79.7 Å². The highest BCUT2D eigenvalue weighted by atomic mass is 16.5. The van der Waals surface area contributed by atoms with Gasteiger partial charge in [0.05, 0.1) is 7.11 Å². The van der Waals surface area contributed by atoms with Gasteiger partial charge in [0.15, 0.2) is 0 Å². The molecule has 0 bridgehead atoms. The summed E-state index contributed by atoms with van der Waals surface area (Å²) in [6.45, 7) is 2.68. The van der Waals surface area contributed by atoms with Crippen molar-refractivity contribution in [2.75, 3.05) is 13.7 Å². The molecule has 0 aliphatic carbocycles. The van der Waals surface area contributed by atoms with Crippen LogP contribution in [0.3, 0.4) is 0 Å². The first-order valence-electron chi connectivity index (χ1n) is 10.9. The van der Waals surface area contributed by atoms with Crippen LogP contribution in [0.2, 0.25) is 0 Å². The van der Waals surface area contributed by atoms with Gasteiger partial charge in [-0.05, 0) is 35.2 Å². The zero-order chi connectivity index (χ0) is 22.8. The lowest BCUT2D eigenvalue weighted by Gasteiger charge is -2.31. The van der Waals surface area contributed by atoms with E-state index in [1.54, 1.807) is 12.0 Å². The van der Waals surface area contributed by atoms with Crippen molar-refractivity contribution < 1.29 is 14.3 Å². The number of ether oxygens (including phenoxy) is 1. The molecular formula is C27H30N2O3. The normalized spacial score (nSPS) is 11.4. The summed E-state index contributed by atoms with van der Waals surface area (Å²) in [5.41, 5.74) is 2.89. The summed E-state index contributed by atoms with van der Waals surface area (Å²) in [5, 5.41) is 3.04. The van der Waals surface area contributed by atoms with E-state index in [-0.39, 0.29) is 11.8 Å². The number of nitrogens with zero attached hydrogens (tertiary/aromatic N) is 1. The fourth-order valence-corrected chi connectivity index (χ4v) is 3.63. The number of hydrogen-bond donors (Lipinski definition) is 1. The van der Waals surface area contributed by atoms with Gasteiger partial charge in [-0.2, -0.15) is 0 Å². The number of carbonyl (C=O) groups excluding carboxylic acids is 2. The molecule has 3 aromatic carbocycles.